The van der Waals surface area contributed by atoms with E-state index in [0.717, 1.165) is 18.9 Å². The van der Waals surface area contributed by atoms with Crippen molar-refractivity contribution in [3.63, 3.8) is 0 Å². The van der Waals surface area contributed by atoms with Gasteiger partial charge >= 0.3 is 6.18 Å². The summed E-state index contributed by atoms with van der Waals surface area (Å²) in [4.78, 5) is 12.5. The third-order valence-corrected chi connectivity index (χ3v) is 4.73. The molecule has 1 fully saturated rings. The summed E-state index contributed by atoms with van der Waals surface area (Å²) in [6, 6.07) is 5.26. The minimum atomic E-state index is -4.53. The number of benzene rings is 1. The Bertz CT molecular complexity index is 812. The van der Waals surface area contributed by atoms with Gasteiger partial charge in [0.25, 0.3) is 0 Å². The van der Waals surface area contributed by atoms with E-state index >= 15 is 0 Å². The zero-order valence-corrected chi connectivity index (χ0v) is 14.4. The molecular formula is C17H17ClF3N3O. The number of anilines is 1. The predicted molar refractivity (Wildman–Crippen MR) is 88.7 cm³/mol. The molecule has 2 aromatic rings. The van der Waals surface area contributed by atoms with E-state index in [4.69, 9.17) is 11.6 Å². The van der Waals surface area contributed by atoms with E-state index in [1.165, 1.54) is 11.6 Å². The van der Waals surface area contributed by atoms with Crippen molar-refractivity contribution >= 4 is 23.2 Å². The number of halogens is 4. The lowest BCUT2D eigenvalue weighted by Gasteiger charge is -2.17. The van der Waals surface area contributed by atoms with Crippen molar-refractivity contribution in [2.45, 2.75) is 44.8 Å². The van der Waals surface area contributed by atoms with E-state index in [9.17, 15) is 18.0 Å². The number of carbonyl (C=O) groups excluding carboxylic acids is 1. The Labute approximate surface area is 148 Å². The molecule has 1 aromatic heterocycles. The number of aromatic nitrogens is 2. The molecule has 1 amide bonds. The average molecular weight is 372 g/mol. The van der Waals surface area contributed by atoms with Gasteiger partial charge in [-0.3, -0.25) is 9.48 Å². The molecule has 8 heteroatoms. The fraction of sp³-hybridized carbons (Fsp3) is 0.412. The minimum absolute atomic E-state index is 0.0340. The maximum atomic E-state index is 13.0. The van der Waals surface area contributed by atoms with Crippen molar-refractivity contribution in [1.29, 1.82) is 0 Å². The van der Waals surface area contributed by atoms with Crippen molar-refractivity contribution in [2.75, 3.05) is 5.32 Å². The monoisotopic (exact) mass is 371 g/mol. The van der Waals surface area contributed by atoms with Crippen LogP contribution >= 0.6 is 11.6 Å². The largest absolute Gasteiger partial charge is 0.435 e. The molecule has 1 N–H and O–H groups in total. The second-order valence-electron chi connectivity index (χ2n) is 6.25. The molecule has 1 unspecified atom stereocenters. The number of carbonyl (C=O) groups is 1. The van der Waals surface area contributed by atoms with Gasteiger partial charge in [0, 0.05) is 22.3 Å². The van der Waals surface area contributed by atoms with Crippen molar-refractivity contribution in [3.8, 4) is 0 Å². The lowest BCUT2D eigenvalue weighted by Crippen LogP contribution is -2.26. The molecular weight excluding hydrogens is 355 g/mol. The molecule has 134 valence electrons. The summed E-state index contributed by atoms with van der Waals surface area (Å²) in [5, 5.41) is 6.87. The minimum Gasteiger partial charge on any atom is -0.324 e. The van der Waals surface area contributed by atoms with Crippen molar-refractivity contribution < 1.29 is 18.0 Å². The number of amides is 1. The lowest BCUT2D eigenvalue weighted by molar-refractivity contribution is -0.141. The van der Waals surface area contributed by atoms with Crippen LogP contribution in [0, 0.1) is 6.92 Å². The Morgan fingerprint density at radius 1 is 1.40 bits per heavy atom. The molecule has 1 aliphatic rings. The van der Waals surface area contributed by atoms with Crippen LogP contribution < -0.4 is 5.32 Å². The molecule has 0 spiro atoms. The normalized spacial score (nSPS) is 15.9. The number of rotatable bonds is 4. The molecule has 0 radical (unpaired) electrons. The van der Waals surface area contributed by atoms with E-state index in [0.29, 0.717) is 22.0 Å². The van der Waals surface area contributed by atoms with E-state index < -0.39 is 23.8 Å². The highest BCUT2D eigenvalue weighted by atomic mass is 35.5. The Kier molecular flexibility index (Phi) is 4.53. The second-order valence-corrected chi connectivity index (χ2v) is 6.66. The Morgan fingerprint density at radius 3 is 2.68 bits per heavy atom. The SMILES string of the molecule is Cc1c(Cl)cccc1NC(=O)C(C)n1nc(C(F)(F)F)cc1C1CC1. The van der Waals surface area contributed by atoms with Crippen LogP contribution in [-0.2, 0) is 11.0 Å². The summed E-state index contributed by atoms with van der Waals surface area (Å²) in [5.74, 6) is -0.407. The van der Waals surface area contributed by atoms with Gasteiger partial charge in [-0.05, 0) is 50.5 Å². The van der Waals surface area contributed by atoms with Crippen molar-refractivity contribution in [3.05, 3.63) is 46.2 Å². The second kappa shape index (κ2) is 6.37. The topological polar surface area (TPSA) is 46.9 Å². The van der Waals surface area contributed by atoms with Crippen LogP contribution in [0.4, 0.5) is 18.9 Å². The quantitative estimate of drug-likeness (QED) is 0.827. The summed E-state index contributed by atoms with van der Waals surface area (Å²) in [5.41, 5.74) is 0.717. The Hall–Kier alpha value is -2.02. The molecule has 1 saturated carbocycles. The fourth-order valence-electron chi connectivity index (χ4n) is 2.63. The number of hydrogen-bond acceptors (Lipinski definition) is 2. The maximum Gasteiger partial charge on any atom is 0.435 e. The van der Waals surface area contributed by atoms with Crippen LogP contribution in [-0.4, -0.2) is 15.7 Å². The number of nitrogens with zero attached hydrogens (tertiary/aromatic N) is 2. The first-order valence-corrected chi connectivity index (χ1v) is 8.29. The molecule has 0 bridgehead atoms. The smallest absolute Gasteiger partial charge is 0.324 e. The molecule has 0 saturated heterocycles. The van der Waals surface area contributed by atoms with Gasteiger partial charge < -0.3 is 5.32 Å². The van der Waals surface area contributed by atoms with Crippen LogP contribution in [0.5, 0.6) is 0 Å². The average Bonchev–Trinajstić information content (AvgIpc) is 3.28. The number of hydrogen-bond donors (Lipinski definition) is 1. The highest BCUT2D eigenvalue weighted by molar-refractivity contribution is 6.31. The summed E-state index contributed by atoms with van der Waals surface area (Å²) < 4.78 is 40.1. The van der Waals surface area contributed by atoms with Crippen LogP contribution in [0.15, 0.2) is 24.3 Å². The van der Waals surface area contributed by atoms with Crippen LogP contribution in [0.25, 0.3) is 0 Å². The van der Waals surface area contributed by atoms with Crippen LogP contribution in [0.3, 0.4) is 0 Å². The van der Waals surface area contributed by atoms with E-state index in [1.807, 2.05) is 0 Å². The van der Waals surface area contributed by atoms with Gasteiger partial charge in [0.1, 0.15) is 6.04 Å². The molecule has 0 aliphatic heterocycles. The summed E-state index contributed by atoms with van der Waals surface area (Å²) >= 11 is 6.03. The van der Waals surface area contributed by atoms with Crippen LogP contribution in [0.1, 0.15) is 48.7 Å². The first-order valence-electron chi connectivity index (χ1n) is 7.91. The zero-order chi connectivity index (χ0) is 18.4. The predicted octanol–water partition coefficient (Wildman–Crippen LogP) is 4.94. The van der Waals surface area contributed by atoms with E-state index in [-0.39, 0.29) is 5.92 Å². The highest BCUT2D eigenvalue weighted by Crippen LogP contribution is 2.43. The van der Waals surface area contributed by atoms with Gasteiger partial charge in [-0.25, -0.2) is 0 Å². The molecule has 1 aromatic carbocycles. The van der Waals surface area contributed by atoms with Crippen molar-refractivity contribution in [2.24, 2.45) is 0 Å². The van der Waals surface area contributed by atoms with Gasteiger partial charge in [0.15, 0.2) is 5.69 Å². The van der Waals surface area contributed by atoms with Gasteiger partial charge in [0.2, 0.25) is 5.91 Å². The first kappa shape index (κ1) is 17.8. The molecule has 4 nitrogen and oxygen atoms in total. The van der Waals surface area contributed by atoms with Crippen molar-refractivity contribution in [1.82, 2.24) is 9.78 Å². The number of alkyl halides is 3. The standard InChI is InChI=1S/C17H17ClF3N3O/c1-9-12(18)4-3-5-13(9)22-16(25)10(2)24-14(11-6-7-11)8-15(23-24)17(19,20)21/h3-5,8,10-11H,6-7H2,1-2H3,(H,22,25). The van der Waals surface area contributed by atoms with Gasteiger partial charge in [-0.1, -0.05) is 17.7 Å². The molecule has 1 aliphatic carbocycles. The molecule has 1 atom stereocenters. The lowest BCUT2D eigenvalue weighted by atomic mass is 10.2. The highest BCUT2D eigenvalue weighted by Gasteiger charge is 2.39. The third-order valence-electron chi connectivity index (χ3n) is 4.32. The molecule has 25 heavy (non-hydrogen) atoms. The van der Waals surface area contributed by atoms with Gasteiger partial charge in [-0.15, -0.1) is 0 Å². The molecule has 3 rings (SSSR count). The first-order chi connectivity index (χ1) is 11.7. The maximum absolute atomic E-state index is 13.0. The fourth-order valence-corrected chi connectivity index (χ4v) is 2.81. The third kappa shape index (κ3) is 3.66. The summed E-state index contributed by atoms with van der Waals surface area (Å²) in [7, 11) is 0. The van der Waals surface area contributed by atoms with Gasteiger partial charge in [-0.2, -0.15) is 18.3 Å². The molecule has 1 heterocycles. The summed E-state index contributed by atoms with van der Waals surface area (Å²) in [6.07, 6.45) is -2.91. The van der Waals surface area contributed by atoms with E-state index in [2.05, 4.69) is 10.4 Å². The van der Waals surface area contributed by atoms with Crippen LogP contribution in [0.2, 0.25) is 5.02 Å². The number of nitrogens with one attached hydrogen (secondary N) is 1. The Morgan fingerprint density at radius 2 is 2.08 bits per heavy atom. The zero-order valence-electron chi connectivity index (χ0n) is 13.7. The Balaban J connectivity index is 1.87. The van der Waals surface area contributed by atoms with E-state index in [1.54, 1.807) is 25.1 Å². The summed E-state index contributed by atoms with van der Waals surface area (Å²) in [6.45, 7) is 3.29. The van der Waals surface area contributed by atoms with Gasteiger partial charge in [0.05, 0.1) is 0 Å².